The molecule has 0 aliphatic carbocycles. The Balaban J connectivity index is 1.78. The zero-order valence-electron chi connectivity index (χ0n) is 15.5. The molecule has 1 aliphatic rings. The van der Waals surface area contributed by atoms with Crippen molar-refractivity contribution in [3.8, 4) is 17.2 Å². The van der Waals surface area contributed by atoms with Crippen molar-refractivity contribution in [1.82, 2.24) is 5.32 Å². The Hall–Kier alpha value is -3.55. The van der Waals surface area contributed by atoms with Crippen molar-refractivity contribution in [2.24, 2.45) is 0 Å². The molecule has 2 aromatic carbocycles. The second-order valence-corrected chi connectivity index (χ2v) is 6.01. The summed E-state index contributed by atoms with van der Waals surface area (Å²) in [5, 5.41) is 2.53. The summed E-state index contributed by atoms with van der Waals surface area (Å²) in [7, 11) is 2.96. The van der Waals surface area contributed by atoms with Gasteiger partial charge in [-0.05, 0) is 30.3 Å². The topological polar surface area (TPSA) is 94.2 Å². The highest BCUT2D eigenvalue weighted by molar-refractivity contribution is 5.98. The van der Waals surface area contributed by atoms with E-state index < -0.39 is 6.10 Å². The Bertz CT molecular complexity index is 898. The fourth-order valence-electron chi connectivity index (χ4n) is 2.86. The van der Waals surface area contributed by atoms with Crippen LogP contribution in [-0.2, 0) is 9.59 Å². The number of para-hydroxylation sites is 2. The van der Waals surface area contributed by atoms with Crippen LogP contribution in [-0.4, -0.2) is 51.5 Å². The van der Waals surface area contributed by atoms with E-state index in [2.05, 4.69) is 5.32 Å². The highest BCUT2D eigenvalue weighted by Crippen LogP contribution is 2.33. The van der Waals surface area contributed by atoms with Gasteiger partial charge in [-0.2, -0.15) is 0 Å². The van der Waals surface area contributed by atoms with Crippen LogP contribution in [0.5, 0.6) is 17.2 Å². The summed E-state index contributed by atoms with van der Waals surface area (Å²) in [6.45, 7) is -0.203. The van der Waals surface area contributed by atoms with E-state index in [1.807, 2.05) is 0 Å². The van der Waals surface area contributed by atoms with Gasteiger partial charge in [0.25, 0.3) is 11.8 Å². The lowest BCUT2D eigenvalue weighted by atomic mass is 10.1. The number of hydrogen-bond acceptors (Lipinski definition) is 6. The summed E-state index contributed by atoms with van der Waals surface area (Å²) in [4.78, 5) is 37.2. The minimum absolute atomic E-state index is 0.0695. The summed E-state index contributed by atoms with van der Waals surface area (Å²) >= 11 is 0. The first-order valence-corrected chi connectivity index (χ1v) is 8.61. The van der Waals surface area contributed by atoms with Gasteiger partial charge in [-0.25, -0.2) is 0 Å². The van der Waals surface area contributed by atoms with E-state index in [0.717, 1.165) is 0 Å². The summed E-state index contributed by atoms with van der Waals surface area (Å²) in [6, 6.07) is 11.7. The van der Waals surface area contributed by atoms with Crippen LogP contribution >= 0.6 is 0 Å². The van der Waals surface area contributed by atoms with Crippen LogP contribution in [0.15, 0.2) is 42.5 Å². The number of methoxy groups -OCH3 is 1. The lowest BCUT2D eigenvalue weighted by molar-refractivity contribution is -0.128. The molecule has 3 rings (SSSR count). The summed E-state index contributed by atoms with van der Waals surface area (Å²) < 4.78 is 16.5. The van der Waals surface area contributed by atoms with E-state index in [1.165, 1.54) is 25.1 Å². The molecule has 8 nitrogen and oxygen atoms in total. The molecule has 0 saturated heterocycles. The smallest absolute Gasteiger partial charge is 0.265 e. The lowest BCUT2D eigenvalue weighted by Gasteiger charge is -2.33. The molecule has 1 N–H and O–H groups in total. The number of anilines is 1. The van der Waals surface area contributed by atoms with Gasteiger partial charge >= 0.3 is 0 Å². The number of fused-ring (bicyclic) bond motifs is 1. The normalized spacial score (nSPS) is 15.1. The molecule has 0 bridgehead atoms. The Morgan fingerprint density at radius 2 is 2.04 bits per heavy atom. The number of carbonyl (C=O) groups is 3. The lowest BCUT2D eigenvalue weighted by Crippen LogP contribution is -2.51. The van der Waals surface area contributed by atoms with E-state index in [1.54, 1.807) is 36.4 Å². The molecule has 28 heavy (non-hydrogen) atoms. The van der Waals surface area contributed by atoms with Crippen molar-refractivity contribution in [2.45, 2.75) is 6.10 Å². The first kappa shape index (κ1) is 19.2. The third-order valence-electron chi connectivity index (χ3n) is 4.29. The number of carbonyl (C=O) groups excluding carboxylic acids is 3. The molecule has 1 heterocycles. The largest absolute Gasteiger partial charge is 0.493 e. The predicted octanol–water partition coefficient (Wildman–Crippen LogP) is 1.43. The molecule has 0 aromatic heterocycles. The predicted molar refractivity (Wildman–Crippen MR) is 101 cm³/mol. The summed E-state index contributed by atoms with van der Waals surface area (Å²) in [5.41, 5.74) is 1.01. The second kappa shape index (κ2) is 8.43. The van der Waals surface area contributed by atoms with Gasteiger partial charge in [-0.3, -0.25) is 14.4 Å². The van der Waals surface area contributed by atoms with Crippen molar-refractivity contribution in [1.29, 1.82) is 0 Å². The van der Waals surface area contributed by atoms with Gasteiger partial charge in [0.05, 0.1) is 19.3 Å². The Labute approximate surface area is 162 Å². The quantitative estimate of drug-likeness (QED) is 0.757. The number of rotatable bonds is 6. The first-order valence-electron chi connectivity index (χ1n) is 8.61. The van der Waals surface area contributed by atoms with Crippen LogP contribution in [0.2, 0.25) is 0 Å². The molecule has 0 spiro atoms. The van der Waals surface area contributed by atoms with Gasteiger partial charge in [-0.1, -0.05) is 12.1 Å². The minimum atomic E-state index is -0.815. The SMILES string of the molecule is CNC(=O)[C@H]1CN(C(=O)COc2ccc(C=O)cc2OC)c2ccccc2O1. The summed E-state index contributed by atoms with van der Waals surface area (Å²) in [6.07, 6.45) is -0.119. The number of ether oxygens (including phenoxy) is 3. The van der Waals surface area contributed by atoms with E-state index in [9.17, 15) is 14.4 Å². The number of hydrogen-bond donors (Lipinski definition) is 1. The van der Waals surface area contributed by atoms with Crippen LogP contribution in [0.3, 0.4) is 0 Å². The van der Waals surface area contributed by atoms with E-state index in [4.69, 9.17) is 14.2 Å². The molecule has 146 valence electrons. The van der Waals surface area contributed by atoms with Gasteiger partial charge in [0.1, 0.15) is 12.0 Å². The van der Waals surface area contributed by atoms with Gasteiger partial charge in [-0.15, -0.1) is 0 Å². The Morgan fingerprint density at radius 3 is 2.75 bits per heavy atom. The van der Waals surface area contributed by atoms with Crippen LogP contribution in [0.1, 0.15) is 10.4 Å². The zero-order valence-corrected chi connectivity index (χ0v) is 15.5. The standard InChI is InChI=1S/C20H20N2O6/c1-21-20(25)18-10-22(14-5-3-4-6-15(14)28-18)19(24)12-27-16-8-7-13(11-23)9-17(16)26-2/h3-9,11,18H,10,12H2,1-2H3,(H,21,25)/t18-/m1/s1. The van der Waals surface area contributed by atoms with Crippen molar-refractivity contribution in [2.75, 3.05) is 32.2 Å². The Kier molecular flexibility index (Phi) is 5.78. The monoisotopic (exact) mass is 384 g/mol. The van der Waals surface area contributed by atoms with Crippen LogP contribution < -0.4 is 24.4 Å². The fourth-order valence-corrected chi connectivity index (χ4v) is 2.86. The molecule has 0 fully saturated rings. The maximum Gasteiger partial charge on any atom is 0.265 e. The molecule has 2 aromatic rings. The Morgan fingerprint density at radius 1 is 1.25 bits per heavy atom. The molecule has 2 amide bonds. The van der Waals surface area contributed by atoms with Gasteiger partial charge < -0.3 is 24.4 Å². The molecule has 0 radical (unpaired) electrons. The van der Waals surface area contributed by atoms with Crippen LogP contribution in [0.4, 0.5) is 5.69 Å². The van der Waals surface area contributed by atoms with Crippen molar-refractivity contribution < 1.29 is 28.6 Å². The number of nitrogens with zero attached hydrogens (tertiary/aromatic N) is 1. The van der Waals surface area contributed by atoms with Crippen LogP contribution in [0.25, 0.3) is 0 Å². The zero-order chi connectivity index (χ0) is 20.1. The van der Waals surface area contributed by atoms with Crippen molar-refractivity contribution in [3.05, 3.63) is 48.0 Å². The number of nitrogens with one attached hydrogen (secondary N) is 1. The summed E-state index contributed by atoms with van der Waals surface area (Å²) in [5.74, 6) is 0.475. The second-order valence-electron chi connectivity index (χ2n) is 6.01. The number of aldehydes is 1. The van der Waals surface area contributed by atoms with Crippen molar-refractivity contribution >= 4 is 23.8 Å². The molecule has 0 unspecified atom stereocenters. The fraction of sp³-hybridized carbons (Fsp3) is 0.250. The number of likely N-dealkylation sites (N-methyl/N-ethyl adjacent to an activating group) is 1. The van der Waals surface area contributed by atoms with Gasteiger partial charge in [0.15, 0.2) is 24.2 Å². The van der Waals surface area contributed by atoms with Gasteiger partial charge in [0.2, 0.25) is 0 Å². The highest BCUT2D eigenvalue weighted by atomic mass is 16.5. The van der Waals surface area contributed by atoms with Crippen LogP contribution in [0, 0.1) is 0 Å². The van der Waals surface area contributed by atoms with Crippen molar-refractivity contribution in [3.63, 3.8) is 0 Å². The highest BCUT2D eigenvalue weighted by Gasteiger charge is 2.33. The molecular formula is C20H20N2O6. The molecule has 8 heteroatoms. The van der Waals surface area contributed by atoms with E-state index in [0.29, 0.717) is 34.8 Å². The average molecular weight is 384 g/mol. The first-order chi connectivity index (χ1) is 13.6. The number of benzene rings is 2. The molecule has 1 aliphatic heterocycles. The third-order valence-corrected chi connectivity index (χ3v) is 4.29. The third kappa shape index (κ3) is 3.90. The average Bonchev–Trinajstić information content (AvgIpc) is 2.75. The molecular weight excluding hydrogens is 364 g/mol. The molecule has 1 atom stereocenters. The maximum atomic E-state index is 12.8. The molecule has 0 saturated carbocycles. The van der Waals surface area contributed by atoms with E-state index >= 15 is 0 Å². The van der Waals surface area contributed by atoms with E-state index in [-0.39, 0.29) is 25.0 Å². The van der Waals surface area contributed by atoms with Gasteiger partial charge in [0, 0.05) is 12.6 Å². The maximum absolute atomic E-state index is 12.8. The minimum Gasteiger partial charge on any atom is -0.493 e. The number of amides is 2.